The van der Waals surface area contributed by atoms with Gasteiger partial charge in [0.2, 0.25) is 0 Å². The summed E-state index contributed by atoms with van der Waals surface area (Å²) in [6, 6.07) is 17.6. The maximum atomic E-state index is 10.5. The van der Waals surface area contributed by atoms with E-state index >= 15 is 0 Å². The second-order valence-corrected chi connectivity index (χ2v) is 6.27. The fraction of sp³-hybridized carbons (Fsp3) is 0.273. The number of hydrogen-bond acceptors (Lipinski definition) is 3. The van der Waals surface area contributed by atoms with E-state index in [-0.39, 0.29) is 0 Å². The Hall–Kier alpha value is -2.36. The fourth-order valence-electron chi connectivity index (χ4n) is 2.36. The van der Waals surface area contributed by atoms with Crippen molar-refractivity contribution in [2.45, 2.75) is 19.6 Å². The summed E-state index contributed by atoms with van der Waals surface area (Å²) in [6.07, 6.45) is 4.77. The van der Waals surface area contributed by atoms with Crippen molar-refractivity contribution in [3.05, 3.63) is 84.5 Å². The van der Waals surface area contributed by atoms with Gasteiger partial charge >= 0.3 is 0 Å². The van der Waals surface area contributed by atoms with Crippen molar-refractivity contribution in [3.8, 4) is 5.75 Å². The third-order valence-electron chi connectivity index (χ3n) is 4.25. The predicted octanol–water partition coefficient (Wildman–Crippen LogP) is 4.48. The molecule has 2 rings (SSSR count). The lowest BCUT2D eigenvalue weighted by Crippen LogP contribution is -2.33. The highest BCUT2D eigenvalue weighted by Gasteiger charge is 2.28. The Labute approximate surface area is 150 Å². The standard InChI is InChI=1S/C22H26O3/c1-4-22(2,21(23)15-12-18-8-6-5-7-9-18)17-25-16-19-10-13-20(24-3)14-11-19/h4-15,21,23H,1,16-17H2,2-3H3/b15-12+/t21-,22-/m0/s1. The van der Waals surface area contributed by atoms with E-state index in [1.165, 1.54) is 0 Å². The first-order valence-electron chi connectivity index (χ1n) is 8.33. The molecule has 0 aliphatic carbocycles. The molecule has 1 N–H and O–H groups in total. The Kier molecular flexibility index (Phi) is 6.99. The summed E-state index contributed by atoms with van der Waals surface area (Å²) in [5, 5.41) is 10.5. The molecular weight excluding hydrogens is 312 g/mol. The van der Waals surface area contributed by atoms with Gasteiger partial charge in [0.15, 0.2) is 0 Å². The number of ether oxygens (including phenoxy) is 2. The molecular formula is C22H26O3. The van der Waals surface area contributed by atoms with Crippen LogP contribution in [-0.2, 0) is 11.3 Å². The first-order chi connectivity index (χ1) is 12.1. The van der Waals surface area contributed by atoms with Crippen LogP contribution in [-0.4, -0.2) is 24.9 Å². The van der Waals surface area contributed by atoms with E-state index < -0.39 is 11.5 Å². The number of methoxy groups -OCH3 is 1. The average molecular weight is 338 g/mol. The van der Waals surface area contributed by atoms with Gasteiger partial charge in [-0.25, -0.2) is 0 Å². The lowest BCUT2D eigenvalue weighted by molar-refractivity contribution is 0.00833. The Morgan fingerprint density at radius 2 is 1.80 bits per heavy atom. The Morgan fingerprint density at radius 3 is 2.40 bits per heavy atom. The first-order valence-corrected chi connectivity index (χ1v) is 8.33. The highest BCUT2D eigenvalue weighted by molar-refractivity contribution is 5.49. The second-order valence-electron chi connectivity index (χ2n) is 6.27. The van der Waals surface area contributed by atoms with Gasteiger partial charge < -0.3 is 14.6 Å². The maximum Gasteiger partial charge on any atom is 0.118 e. The summed E-state index contributed by atoms with van der Waals surface area (Å²) in [5.41, 5.74) is 1.55. The van der Waals surface area contributed by atoms with Crippen LogP contribution >= 0.6 is 0 Å². The minimum Gasteiger partial charge on any atom is -0.497 e. The van der Waals surface area contributed by atoms with Gasteiger partial charge in [0, 0.05) is 5.41 Å². The summed E-state index contributed by atoms with van der Waals surface area (Å²) < 4.78 is 11.0. The van der Waals surface area contributed by atoms with Crippen molar-refractivity contribution in [3.63, 3.8) is 0 Å². The third-order valence-corrected chi connectivity index (χ3v) is 4.25. The molecule has 0 heterocycles. The van der Waals surface area contributed by atoms with Crippen molar-refractivity contribution >= 4 is 6.08 Å². The largest absolute Gasteiger partial charge is 0.497 e. The molecule has 0 aliphatic heterocycles. The zero-order chi connectivity index (χ0) is 18.1. The molecule has 3 nitrogen and oxygen atoms in total. The second kappa shape index (κ2) is 9.21. The summed E-state index contributed by atoms with van der Waals surface area (Å²) in [5.74, 6) is 0.821. The van der Waals surface area contributed by atoms with Crippen LogP contribution in [0.5, 0.6) is 5.75 Å². The molecule has 0 saturated carbocycles. The minimum absolute atomic E-state index is 0.378. The van der Waals surface area contributed by atoms with Gasteiger partial charge in [-0.2, -0.15) is 0 Å². The zero-order valence-corrected chi connectivity index (χ0v) is 14.9. The first kappa shape index (κ1) is 19.0. The smallest absolute Gasteiger partial charge is 0.118 e. The molecule has 2 aromatic rings. The molecule has 0 aliphatic rings. The van der Waals surface area contributed by atoms with Crippen LogP contribution in [0.2, 0.25) is 0 Å². The van der Waals surface area contributed by atoms with Gasteiger partial charge in [-0.1, -0.05) is 67.6 Å². The molecule has 3 heteroatoms. The van der Waals surface area contributed by atoms with Gasteiger partial charge in [0.1, 0.15) is 5.75 Å². The van der Waals surface area contributed by atoms with Crippen LogP contribution < -0.4 is 4.74 Å². The van der Waals surface area contributed by atoms with Crippen LogP contribution in [0.15, 0.2) is 73.3 Å². The average Bonchev–Trinajstić information content (AvgIpc) is 2.67. The van der Waals surface area contributed by atoms with E-state index in [2.05, 4.69) is 6.58 Å². The van der Waals surface area contributed by atoms with Crippen LogP contribution in [0.25, 0.3) is 6.08 Å². The highest BCUT2D eigenvalue weighted by Crippen LogP contribution is 2.26. The predicted molar refractivity (Wildman–Crippen MR) is 102 cm³/mol. The quantitative estimate of drug-likeness (QED) is 0.685. The monoisotopic (exact) mass is 338 g/mol. The fourth-order valence-corrected chi connectivity index (χ4v) is 2.36. The lowest BCUT2D eigenvalue weighted by atomic mass is 9.84. The van der Waals surface area contributed by atoms with Crippen molar-refractivity contribution in [2.24, 2.45) is 5.41 Å². The molecule has 0 bridgehead atoms. The molecule has 2 atom stereocenters. The Morgan fingerprint density at radius 1 is 1.12 bits per heavy atom. The molecule has 2 aromatic carbocycles. The molecule has 0 spiro atoms. The molecule has 0 fully saturated rings. The van der Waals surface area contributed by atoms with E-state index in [0.717, 1.165) is 16.9 Å². The molecule has 25 heavy (non-hydrogen) atoms. The van der Waals surface area contributed by atoms with E-state index in [4.69, 9.17) is 9.47 Å². The van der Waals surface area contributed by atoms with Gasteiger partial charge in [-0.15, -0.1) is 6.58 Å². The van der Waals surface area contributed by atoms with Gasteiger partial charge in [-0.3, -0.25) is 0 Å². The van der Waals surface area contributed by atoms with E-state index in [0.29, 0.717) is 13.2 Å². The highest BCUT2D eigenvalue weighted by atomic mass is 16.5. The van der Waals surface area contributed by atoms with Gasteiger partial charge in [0.25, 0.3) is 0 Å². The lowest BCUT2D eigenvalue weighted by Gasteiger charge is -2.29. The number of hydrogen-bond donors (Lipinski definition) is 1. The van der Waals surface area contributed by atoms with E-state index in [1.54, 1.807) is 19.3 Å². The molecule has 0 aromatic heterocycles. The molecule has 0 radical (unpaired) electrons. The van der Waals surface area contributed by atoms with Crippen molar-refractivity contribution in [1.82, 2.24) is 0 Å². The Balaban J connectivity index is 1.91. The van der Waals surface area contributed by atoms with Crippen molar-refractivity contribution in [1.29, 1.82) is 0 Å². The third kappa shape index (κ3) is 5.59. The molecule has 0 amide bonds. The maximum absolute atomic E-state index is 10.5. The molecule has 0 saturated heterocycles. The van der Waals surface area contributed by atoms with Crippen LogP contribution in [0.4, 0.5) is 0 Å². The zero-order valence-electron chi connectivity index (χ0n) is 14.9. The van der Waals surface area contributed by atoms with Gasteiger partial charge in [-0.05, 0) is 23.3 Å². The minimum atomic E-state index is -0.680. The number of aliphatic hydroxyl groups excluding tert-OH is 1. The molecule has 0 unspecified atom stereocenters. The summed E-state index contributed by atoms with van der Waals surface area (Å²) >= 11 is 0. The topological polar surface area (TPSA) is 38.7 Å². The van der Waals surface area contributed by atoms with E-state index in [1.807, 2.05) is 67.6 Å². The SMILES string of the molecule is C=C[C@@](C)(COCc1ccc(OC)cc1)[C@@H](O)/C=C/c1ccccc1. The number of rotatable bonds is 9. The van der Waals surface area contributed by atoms with E-state index in [9.17, 15) is 5.11 Å². The van der Waals surface area contributed by atoms with Crippen LogP contribution in [0, 0.1) is 5.41 Å². The van der Waals surface area contributed by atoms with Crippen LogP contribution in [0.3, 0.4) is 0 Å². The van der Waals surface area contributed by atoms with Crippen molar-refractivity contribution < 1.29 is 14.6 Å². The summed E-state index contributed by atoms with van der Waals surface area (Å²) in [6.45, 7) is 6.66. The molecule has 132 valence electrons. The van der Waals surface area contributed by atoms with Gasteiger partial charge in [0.05, 0.1) is 26.4 Å². The number of benzene rings is 2. The summed E-state index contributed by atoms with van der Waals surface area (Å²) in [7, 11) is 1.64. The normalized spacial score (nSPS) is 14.8. The summed E-state index contributed by atoms with van der Waals surface area (Å²) in [4.78, 5) is 0. The van der Waals surface area contributed by atoms with Crippen molar-refractivity contribution in [2.75, 3.05) is 13.7 Å². The number of aliphatic hydroxyl groups is 1. The van der Waals surface area contributed by atoms with Crippen LogP contribution in [0.1, 0.15) is 18.1 Å². The Bertz CT molecular complexity index is 676.